The summed E-state index contributed by atoms with van der Waals surface area (Å²) in [6, 6.07) is 51.9. The van der Waals surface area contributed by atoms with Gasteiger partial charge < -0.3 is 23.4 Å². The topological polar surface area (TPSA) is 57.2 Å². The Morgan fingerprint density at radius 3 is 1.44 bits per heavy atom. The Labute approximate surface area is 356 Å². The zero-order valence-corrected chi connectivity index (χ0v) is 38.5. The third kappa shape index (κ3) is 8.07. The van der Waals surface area contributed by atoms with Gasteiger partial charge in [-0.25, -0.2) is 0 Å². The Hall–Kier alpha value is -3.83. The molecule has 0 aliphatic heterocycles. The molecule has 2 aliphatic carbocycles. The molecule has 7 rings (SSSR count). The van der Waals surface area contributed by atoms with Gasteiger partial charge in [0, 0.05) is 18.6 Å². The summed E-state index contributed by atoms with van der Waals surface area (Å²) in [4.78, 5) is 0. The highest BCUT2D eigenvalue weighted by Gasteiger charge is 2.66. The Morgan fingerprint density at radius 1 is 0.559 bits per heavy atom. The maximum Gasteiger partial charge on any atom is 0.261 e. The second-order valence-corrected chi connectivity index (χ2v) is 27.8. The van der Waals surface area contributed by atoms with Crippen molar-refractivity contribution in [3.05, 3.63) is 151 Å². The maximum absolute atomic E-state index is 13.4. The molecule has 0 radical (unpaired) electrons. The van der Waals surface area contributed by atoms with E-state index in [0.717, 1.165) is 43.4 Å². The molecule has 2 fully saturated rings. The minimum absolute atomic E-state index is 0.0400. The molecule has 0 saturated heterocycles. The van der Waals surface area contributed by atoms with Gasteiger partial charge in [-0.2, -0.15) is 0 Å². The molecule has 5 aromatic rings. The van der Waals surface area contributed by atoms with Crippen LogP contribution >= 0.6 is 0 Å². The van der Waals surface area contributed by atoms with Crippen molar-refractivity contribution in [1.29, 1.82) is 0 Å². The smallest absolute Gasteiger partial charge is 0.261 e. The first-order valence-corrected chi connectivity index (χ1v) is 25.6. The van der Waals surface area contributed by atoms with Crippen LogP contribution in [-0.2, 0) is 20.2 Å². The third-order valence-electron chi connectivity index (χ3n) is 14.0. The highest BCUT2D eigenvalue weighted by Crippen LogP contribution is 2.62. The van der Waals surface area contributed by atoms with Crippen LogP contribution in [0.2, 0.25) is 10.1 Å². The van der Waals surface area contributed by atoms with Crippen LogP contribution in [0.25, 0.3) is 0 Å². The summed E-state index contributed by atoms with van der Waals surface area (Å²) in [5, 5.41) is 18.0. The summed E-state index contributed by atoms with van der Waals surface area (Å²) in [7, 11) is -4.16. The summed E-state index contributed by atoms with van der Waals surface area (Å²) in [5.41, 5.74) is -0.430. The van der Waals surface area contributed by atoms with E-state index in [1.165, 1.54) is 20.7 Å². The van der Waals surface area contributed by atoms with Crippen LogP contribution in [0.1, 0.15) is 79.2 Å². The summed E-state index contributed by atoms with van der Waals surface area (Å²) in [6.45, 7) is 16.1. The molecule has 5 aromatic carbocycles. The van der Waals surface area contributed by atoms with Gasteiger partial charge in [-0.1, -0.05) is 181 Å². The number of hydrogen-bond donors (Lipinski definition) is 1. The van der Waals surface area contributed by atoms with E-state index in [4.69, 9.17) is 18.3 Å². The van der Waals surface area contributed by atoms with Crippen molar-refractivity contribution in [1.82, 2.24) is 0 Å². The average molecular weight is 827 g/mol. The van der Waals surface area contributed by atoms with Crippen molar-refractivity contribution in [2.75, 3.05) is 26.9 Å². The highest BCUT2D eigenvalue weighted by atomic mass is 28.4. The first-order valence-electron chi connectivity index (χ1n) is 21.7. The van der Waals surface area contributed by atoms with Gasteiger partial charge in [0.1, 0.15) is 5.75 Å². The van der Waals surface area contributed by atoms with Crippen LogP contribution in [0, 0.1) is 17.3 Å². The predicted octanol–water partition coefficient (Wildman–Crippen LogP) is 9.29. The lowest BCUT2D eigenvalue weighted by Crippen LogP contribution is -2.70. The molecular weight excluding hydrogens is 761 g/mol. The highest BCUT2D eigenvalue weighted by molar-refractivity contribution is 7.00. The van der Waals surface area contributed by atoms with Gasteiger partial charge in [-0.15, -0.1) is 0 Å². The Morgan fingerprint density at radius 2 is 1.00 bits per heavy atom. The number of rotatable bonds is 15. The molecular formula is C52H66O5Si2. The van der Waals surface area contributed by atoms with Crippen LogP contribution in [0.5, 0.6) is 5.75 Å². The fourth-order valence-corrected chi connectivity index (χ4v) is 20.3. The molecule has 4 atom stereocenters. The minimum atomic E-state index is -2.97. The molecule has 0 heterocycles. The van der Waals surface area contributed by atoms with Crippen LogP contribution in [-0.4, -0.2) is 54.3 Å². The Bertz CT molecular complexity index is 1990. The maximum atomic E-state index is 13.4. The molecule has 1 unspecified atom stereocenters. The third-order valence-corrected chi connectivity index (χ3v) is 24.0. The monoisotopic (exact) mass is 826 g/mol. The Kier molecular flexibility index (Phi) is 12.9. The number of methoxy groups -OCH3 is 1. The summed E-state index contributed by atoms with van der Waals surface area (Å²) >= 11 is 0. The lowest BCUT2D eigenvalue weighted by molar-refractivity contribution is -0.176. The molecule has 0 spiro atoms. The summed E-state index contributed by atoms with van der Waals surface area (Å²) < 4.78 is 27.9. The molecule has 5 nitrogen and oxygen atoms in total. The van der Waals surface area contributed by atoms with E-state index in [1.807, 2.05) is 12.1 Å². The first kappa shape index (κ1) is 43.3. The van der Waals surface area contributed by atoms with Crippen LogP contribution < -0.4 is 25.5 Å². The number of aliphatic hydroxyl groups is 1. The largest absolute Gasteiger partial charge is 0.497 e. The number of hydrogen-bond acceptors (Lipinski definition) is 5. The van der Waals surface area contributed by atoms with Crippen molar-refractivity contribution < 1.29 is 23.4 Å². The van der Waals surface area contributed by atoms with Gasteiger partial charge >= 0.3 is 0 Å². The Balaban J connectivity index is 1.34. The van der Waals surface area contributed by atoms with E-state index < -0.39 is 27.7 Å². The lowest BCUT2D eigenvalue weighted by atomic mass is 9.56. The summed E-state index contributed by atoms with van der Waals surface area (Å²) in [6.07, 6.45) is 4.26. The van der Waals surface area contributed by atoms with Gasteiger partial charge in [0.2, 0.25) is 0 Å². The van der Waals surface area contributed by atoms with E-state index in [2.05, 4.69) is 175 Å². The quantitative estimate of drug-likeness (QED) is 0.107. The molecule has 1 N–H and O–H groups in total. The van der Waals surface area contributed by atoms with Crippen molar-refractivity contribution in [3.63, 3.8) is 0 Å². The fourth-order valence-electron chi connectivity index (χ4n) is 11.1. The zero-order valence-electron chi connectivity index (χ0n) is 36.5. The molecule has 2 aliphatic rings. The van der Waals surface area contributed by atoms with Crippen molar-refractivity contribution in [2.24, 2.45) is 17.3 Å². The summed E-state index contributed by atoms with van der Waals surface area (Å²) in [5.74, 6) is 0.940. The van der Waals surface area contributed by atoms with E-state index in [0.29, 0.717) is 26.4 Å². The molecule has 0 aromatic heterocycles. The first-order chi connectivity index (χ1) is 28.3. The van der Waals surface area contributed by atoms with E-state index >= 15 is 0 Å². The predicted molar refractivity (Wildman–Crippen MR) is 247 cm³/mol. The molecule has 0 bridgehead atoms. The molecule has 2 saturated carbocycles. The van der Waals surface area contributed by atoms with Gasteiger partial charge in [-0.05, 0) is 86.0 Å². The fraction of sp³-hybridized carbons (Fsp3) is 0.423. The zero-order chi connectivity index (χ0) is 41.8. The van der Waals surface area contributed by atoms with Gasteiger partial charge in [0.25, 0.3) is 16.6 Å². The van der Waals surface area contributed by atoms with Crippen LogP contribution in [0.15, 0.2) is 146 Å². The average Bonchev–Trinajstić information content (AvgIpc) is 3.54. The van der Waals surface area contributed by atoms with Gasteiger partial charge in [0.15, 0.2) is 0 Å². The SMILES string of the molecule is COc1ccc(COC[C@H]2CCC3(O)CCC[C@H](CO[Si](c4ccccc4)(c4ccccc4)C(C)(C)C)[C@@]23CO[Si](c2ccccc2)(c2ccccc2)C(C)(C)C)cc1. The van der Waals surface area contributed by atoms with Gasteiger partial charge in [0.05, 0.1) is 25.9 Å². The van der Waals surface area contributed by atoms with Crippen molar-refractivity contribution >= 4 is 37.4 Å². The minimum Gasteiger partial charge on any atom is -0.497 e. The van der Waals surface area contributed by atoms with Crippen LogP contribution in [0.4, 0.5) is 0 Å². The van der Waals surface area contributed by atoms with Crippen LogP contribution in [0.3, 0.4) is 0 Å². The molecule has 59 heavy (non-hydrogen) atoms. The number of fused-ring (bicyclic) bond motifs is 1. The number of ether oxygens (including phenoxy) is 2. The van der Waals surface area contributed by atoms with E-state index in [1.54, 1.807) is 7.11 Å². The molecule has 7 heteroatoms. The van der Waals surface area contributed by atoms with E-state index in [-0.39, 0.29) is 21.9 Å². The molecule has 312 valence electrons. The van der Waals surface area contributed by atoms with Crippen molar-refractivity contribution in [2.45, 2.75) is 95.9 Å². The van der Waals surface area contributed by atoms with Crippen molar-refractivity contribution in [3.8, 4) is 5.75 Å². The normalized spacial score (nSPS) is 22.5. The second kappa shape index (κ2) is 17.6. The lowest BCUT2D eigenvalue weighted by Gasteiger charge is -2.56. The number of benzene rings is 5. The molecule has 0 amide bonds. The van der Waals surface area contributed by atoms with E-state index in [9.17, 15) is 5.11 Å². The standard InChI is InChI=1S/C52H66O5Si2/c1-49(2,3)58(45-22-12-8-13-23-45,46-24-14-9-15-25-46)56-39-42-21-20-35-51(53)36-34-43(38-55-37-41-30-32-44(54-7)33-31-41)52(42,51)40-57-59(50(4,5)6,47-26-16-10-17-27-47)48-28-18-11-19-29-48/h8-19,22-33,42-43,53H,20-21,34-40H2,1-7H3/t42-,43-,51?,52+/m1/s1. The van der Waals surface area contributed by atoms with Gasteiger partial charge in [-0.3, -0.25) is 0 Å². The second-order valence-electron chi connectivity index (χ2n) is 19.2.